The van der Waals surface area contributed by atoms with E-state index in [-0.39, 0.29) is 22.4 Å². The largest absolute Gasteiger partial charge is 0.349 e. The minimum Gasteiger partial charge on any atom is -0.349 e. The summed E-state index contributed by atoms with van der Waals surface area (Å²) in [5.74, 6) is -1.04. The van der Waals surface area contributed by atoms with Gasteiger partial charge in [0.2, 0.25) is 21.8 Å². The highest BCUT2D eigenvalue weighted by Gasteiger charge is 2.34. The summed E-state index contributed by atoms with van der Waals surface area (Å²) < 4.78 is 30.2. The second-order valence-corrected chi connectivity index (χ2v) is 13.8. The molecule has 0 spiro atoms. The number of sulfonamides is 1. The molecule has 0 radical (unpaired) electrons. The number of piperidine rings is 1. The van der Waals surface area contributed by atoms with Crippen molar-refractivity contribution in [3.05, 3.63) is 44.6 Å². The highest BCUT2D eigenvalue weighted by Crippen LogP contribution is 2.34. The summed E-state index contributed by atoms with van der Waals surface area (Å²) in [6.45, 7) is 6.48. The summed E-state index contributed by atoms with van der Waals surface area (Å²) in [7, 11) is -4.33. The summed E-state index contributed by atoms with van der Waals surface area (Å²) in [5, 5.41) is 2.56. The van der Waals surface area contributed by atoms with Gasteiger partial charge in [0.05, 0.1) is 19.9 Å². The average molecular weight is 631 g/mol. The molecule has 1 aromatic heterocycles. The zero-order valence-corrected chi connectivity index (χ0v) is 25.5. The fraction of sp³-hybridized carbons (Fsp3) is 0.500. The molecule has 3 heterocycles. The molecular formula is C26H33Cl2N5O5S2. The van der Waals surface area contributed by atoms with Gasteiger partial charge in [-0.05, 0) is 51.0 Å². The van der Waals surface area contributed by atoms with Crippen LogP contribution in [0.3, 0.4) is 0 Å². The molecular weight excluding hydrogens is 597 g/mol. The van der Waals surface area contributed by atoms with Crippen molar-refractivity contribution in [3.63, 3.8) is 0 Å². The summed E-state index contributed by atoms with van der Waals surface area (Å²) in [6.07, 6.45) is 1.92. The van der Waals surface area contributed by atoms with Gasteiger partial charge in [0.1, 0.15) is 10.9 Å². The van der Waals surface area contributed by atoms with E-state index in [1.807, 2.05) is 0 Å². The maximum atomic E-state index is 13.6. The van der Waals surface area contributed by atoms with Crippen LogP contribution < -0.4 is 14.9 Å². The first-order valence-corrected chi connectivity index (χ1v) is 16.2. The number of nitrogens with zero attached hydrogens (tertiary/aromatic N) is 3. The first-order chi connectivity index (χ1) is 19.0. The van der Waals surface area contributed by atoms with Crippen molar-refractivity contribution in [2.24, 2.45) is 0 Å². The van der Waals surface area contributed by atoms with Gasteiger partial charge in [-0.15, -0.1) is 11.3 Å². The Kier molecular flexibility index (Phi) is 10.1. The number of piperazine rings is 1. The van der Waals surface area contributed by atoms with Crippen LogP contribution in [0, 0.1) is 0 Å². The van der Waals surface area contributed by atoms with Crippen LogP contribution in [0.2, 0.25) is 9.36 Å². The molecule has 2 aliphatic heterocycles. The number of halogens is 2. The lowest BCUT2D eigenvalue weighted by Gasteiger charge is -2.38. The first kappa shape index (κ1) is 30.7. The van der Waals surface area contributed by atoms with Crippen LogP contribution in [0.15, 0.2) is 35.2 Å². The molecule has 218 valence electrons. The lowest BCUT2D eigenvalue weighted by Crippen LogP contribution is -2.58. The number of hydrogen-bond acceptors (Lipinski definition) is 7. The number of carbonyl (C=O) groups is 3. The van der Waals surface area contributed by atoms with Gasteiger partial charge < -0.3 is 15.1 Å². The Bertz CT molecular complexity index is 1360. The van der Waals surface area contributed by atoms with E-state index in [1.165, 1.54) is 17.0 Å². The molecule has 2 N–H and O–H groups in total. The molecule has 0 aliphatic carbocycles. The molecule has 10 nitrogen and oxygen atoms in total. The number of rotatable bonds is 9. The monoisotopic (exact) mass is 629 g/mol. The third-order valence-corrected chi connectivity index (χ3v) is 10.3. The zero-order valence-electron chi connectivity index (χ0n) is 22.4. The van der Waals surface area contributed by atoms with Gasteiger partial charge in [-0.2, -0.15) is 4.72 Å². The van der Waals surface area contributed by atoms with Crippen LogP contribution >= 0.6 is 34.5 Å². The number of nitrogens with one attached hydrogen (secondary N) is 2. The highest BCUT2D eigenvalue weighted by atomic mass is 35.5. The Morgan fingerprint density at radius 1 is 1.02 bits per heavy atom. The maximum Gasteiger partial charge on any atom is 0.261 e. The lowest BCUT2D eigenvalue weighted by atomic mass is 10.1. The Morgan fingerprint density at radius 3 is 2.38 bits per heavy atom. The second-order valence-electron chi connectivity index (χ2n) is 10.0. The van der Waals surface area contributed by atoms with E-state index in [0.717, 1.165) is 24.2 Å². The lowest BCUT2D eigenvalue weighted by molar-refractivity contribution is -0.134. The van der Waals surface area contributed by atoms with Crippen molar-refractivity contribution < 1.29 is 22.8 Å². The quantitative estimate of drug-likeness (QED) is 0.440. The minimum atomic E-state index is -4.33. The van der Waals surface area contributed by atoms with E-state index in [4.69, 9.17) is 23.2 Å². The topological polar surface area (TPSA) is 119 Å². The molecule has 1 aromatic carbocycles. The van der Waals surface area contributed by atoms with E-state index in [0.29, 0.717) is 60.1 Å². The van der Waals surface area contributed by atoms with Crippen LogP contribution in [0.1, 0.15) is 42.8 Å². The van der Waals surface area contributed by atoms with Crippen molar-refractivity contribution in [2.45, 2.75) is 50.1 Å². The van der Waals surface area contributed by atoms with Gasteiger partial charge >= 0.3 is 0 Å². The van der Waals surface area contributed by atoms with Crippen molar-refractivity contribution in [3.8, 4) is 0 Å². The minimum absolute atomic E-state index is 0.0979. The molecule has 1 atom stereocenters. The fourth-order valence-electron chi connectivity index (χ4n) is 4.80. The molecule has 0 saturated carbocycles. The molecule has 2 aliphatic rings. The van der Waals surface area contributed by atoms with Crippen LogP contribution in [0.25, 0.3) is 0 Å². The number of amides is 3. The third kappa shape index (κ3) is 7.15. The number of hydrogen-bond donors (Lipinski definition) is 2. The maximum absolute atomic E-state index is 13.6. The molecule has 2 aromatic rings. The smallest absolute Gasteiger partial charge is 0.261 e. The molecule has 14 heteroatoms. The van der Waals surface area contributed by atoms with Gasteiger partial charge in [0.15, 0.2) is 0 Å². The average Bonchev–Trinajstić information content (AvgIpc) is 3.37. The number of carbonyl (C=O) groups excluding carboxylic acids is 3. The molecule has 3 amide bonds. The highest BCUT2D eigenvalue weighted by molar-refractivity contribution is 7.89. The second kappa shape index (κ2) is 13.2. The van der Waals surface area contributed by atoms with E-state index in [2.05, 4.69) is 28.8 Å². The van der Waals surface area contributed by atoms with Crippen LogP contribution in [0.4, 0.5) is 5.69 Å². The zero-order chi connectivity index (χ0) is 29.0. The van der Waals surface area contributed by atoms with Crippen LogP contribution in [-0.4, -0.2) is 87.3 Å². The van der Waals surface area contributed by atoms with E-state index in [1.54, 1.807) is 23.1 Å². The van der Waals surface area contributed by atoms with Gasteiger partial charge in [0.25, 0.3) is 5.91 Å². The Labute approximate surface area is 248 Å². The summed E-state index contributed by atoms with van der Waals surface area (Å²) in [5.41, 5.74) is 0.310. The van der Waals surface area contributed by atoms with Crippen LogP contribution in [0.5, 0.6) is 0 Å². The normalized spacial score (nSPS) is 17.8. The molecule has 2 fully saturated rings. The van der Waals surface area contributed by atoms with Gasteiger partial charge in [-0.1, -0.05) is 29.3 Å². The van der Waals surface area contributed by atoms with Gasteiger partial charge in [-0.25, -0.2) is 8.42 Å². The van der Waals surface area contributed by atoms with E-state index >= 15 is 0 Å². The Balaban J connectivity index is 1.57. The predicted molar refractivity (Wildman–Crippen MR) is 157 cm³/mol. The predicted octanol–water partition coefficient (Wildman–Crippen LogP) is 3.20. The molecule has 4 rings (SSSR count). The molecule has 0 unspecified atom stereocenters. The van der Waals surface area contributed by atoms with Crippen LogP contribution in [-0.2, 0) is 19.6 Å². The fourth-order valence-corrected chi connectivity index (χ4v) is 7.58. The first-order valence-electron chi connectivity index (χ1n) is 13.2. The number of anilines is 1. The summed E-state index contributed by atoms with van der Waals surface area (Å²) in [4.78, 5) is 44.2. The number of benzene rings is 1. The molecule has 0 bridgehead atoms. The van der Waals surface area contributed by atoms with E-state index in [9.17, 15) is 22.8 Å². The Hall–Kier alpha value is -2.22. The van der Waals surface area contributed by atoms with Gasteiger partial charge in [-0.3, -0.25) is 19.3 Å². The molecule has 40 heavy (non-hydrogen) atoms. The van der Waals surface area contributed by atoms with Crippen molar-refractivity contribution in [1.29, 1.82) is 0 Å². The van der Waals surface area contributed by atoms with Crippen molar-refractivity contribution in [1.82, 2.24) is 19.8 Å². The summed E-state index contributed by atoms with van der Waals surface area (Å²) >= 11 is 13.6. The van der Waals surface area contributed by atoms with Crippen molar-refractivity contribution in [2.75, 3.05) is 44.2 Å². The number of thiophene rings is 1. The van der Waals surface area contributed by atoms with Crippen molar-refractivity contribution >= 4 is 68.0 Å². The summed E-state index contributed by atoms with van der Waals surface area (Å²) in [6, 6.07) is 6.63. The van der Waals surface area contributed by atoms with Gasteiger partial charge in [0, 0.05) is 51.7 Å². The molecule has 2 saturated heterocycles. The third-order valence-electron chi connectivity index (χ3n) is 7.06. The van der Waals surface area contributed by atoms with E-state index < -0.39 is 27.9 Å². The standard InChI is InChI=1S/C26H33Cl2N5O5S2/c1-17(2)31-12-14-32(15-13-31)26(36)18(16-29-25(35)20-9-10-22(27)39-20)30-40(37,38)21-7-5-6-19(24(21)28)33-11-4-3-8-23(33)34/h5-7,9-10,17-18,30H,3-4,8,11-16H2,1-2H3,(H,29,35)/t18-/m0/s1. The Morgan fingerprint density at radius 2 is 1.75 bits per heavy atom. The SMILES string of the molecule is CC(C)N1CCN(C(=O)[C@H](CNC(=O)c2ccc(Cl)s2)NS(=O)(=O)c2cccc(N3CCCCC3=O)c2Cl)CC1.